The minimum Gasteiger partial charge on any atom is -0.481 e. The molecule has 0 spiro atoms. The highest BCUT2D eigenvalue weighted by Gasteiger charge is 2.44. The molecule has 134 valence electrons. The predicted molar refractivity (Wildman–Crippen MR) is 86.2 cm³/mol. The summed E-state index contributed by atoms with van der Waals surface area (Å²) < 4.78 is 34.3. The molecule has 2 aliphatic rings. The molecular weight excluding hydrogens is 320 g/mol. The van der Waals surface area contributed by atoms with Crippen LogP contribution in [0.3, 0.4) is 0 Å². The van der Waals surface area contributed by atoms with Crippen LogP contribution < -0.4 is 0 Å². The zero-order chi connectivity index (χ0) is 17.5. The number of carboxylic acid groups (broad SMARTS) is 1. The van der Waals surface area contributed by atoms with Gasteiger partial charge in [-0.15, -0.1) is 0 Å². The minimum atomic E-state index is -3.58. The van der Waals surface area contributed by atoms with Gasteiger partial charge in [-0.25, -0.2) is 0 Å². The lowest BCUT2D eigenvalue weighted by molar-refractivity contribution is -0.151. The first kappa shape index (κ1) is 18.6. The molecule has 2 aliphatic heterocycles. The summed E-state index contributed by atoms with van der Waals surface area (Å²) in [5.41, 5.74) is -1.43. The van der Waals surface area contributed by atoms with Gasteiger partial charge >= 0.3 is 5.97 Å². The van der Waals surface area contributed by atoms with E-state index in [1.165, 1.54) is 8.61 Å². The Kier molecular flexibility index (Phi) is 5.11. The molecule has 0 saturated carbocycles. The van der Waals surface area contributed by atoms with Gasteiger partial charge in [0.2, 0.25) is 0 Å². The Morgan fingerprint density at radius 2 is 1.91 bits per heavy atom. The lowest BCUT2D eigenvalue weighted by Crippen LogP contribution is -2.57. The lowest BCUT2D eigenvalue weighted by Gasteiger charge is -2.43. The molecule has 1 atom stereocenters. The number of hydrogen-bond acceptors (Lipinski definition) is 4. The quantitative estimate of drug-likeness (QED) is 0.824. The van der Waals surface area contributed by atoms with Gasteiger partial charge < -0.3 is 9.84 Å². The number of carbonyl (C=O) groups is 1. The summed E-state index contributed by atoms with van der Waals surface area (Å²) in [6.07, 6.45) is 1.42. The van der Waals surface area contributed by atoms with Crippen molar-refractivity contribution >= 4 is 16.2 Å². The molecule has 0 aromatic heterocycles. The summed E-state index contributed by atoms with van der Waals surface area (Å²) in [5.74, 6) is -1.06. The van der Waals surface area contributed by atoms with Gasteiger partial charge in [-0.1, -0.05) is 0 Å². The average molecular weight is 348 g/mol. The molecule has 1 N–H and O–H groups in total. The summed E-state index contributed by atoms with van der Waals surface area (Å²) in [7, 11) is -3.58. The van der Waals surface area contributed by atoms with Crippen molar-refractivity contribution in [2.75, 3.05) is 32.8 Å². The zero-order valence-corrected chi connectivity index (χ0v) is 15.2. The number of ether oxygens (including phenoxy) is 1. The smallest absolute Gasteiger partial charge is 0.309 e. The monoisotopic (exact) mass is 348 g/mol. The highest BCUT2D eigenvalue weighted by Crippen LogP contribution is 2.35. The van der Waals surface area contributed by atoms with E-state index in [0.29, 0.717) is 32.7 Å². The second-order valence-electron chi connectivity index (χ2n) is 7.67. The molecule has 1 unspecified atom stereocenters. The molecule has 23 heavy (non-hydrogen) atoms. The SMILES string of the molecule is CC1(C)CN(S(=O)(=O)N2CCCC(C(C)(C)C(=O)O)C2)CCO1. The van der Waals surface area contributed by atoms with Crippen LogP contribution in [0.15, 0.2) is 0 Å². The Bertz CT molecular complexity index is 558. The van der Waals surface area contributed by atoms with E-state index >= 15 is 0 Å². The van der Waals surface area contributed by atoms with Gasteiger partial charge in [0.1, 0.15) is 0 Å². The van der Waals surface area contributed by atoms with Gasteiger partial charge in [0.15, 0.2) is 0 Å². The Labute approximate surface area is 138 Å². The van der Waals surface area contributed by atoms with Crippen molar-refractivity contribution in [2.24, 2.45) is 11.3 Å². The normalized spacial score (nSPS) is 27.7. The number of carboxylic acids is 1. The molecule has 0 aromatic carbocycles. The molecule has 0 aromatic rings. The third-order valence-electron chi connectivity index (χ3n) is 5.00. The Morgan fingerprint density at radius 1 is 1.26 bits per heavy atom. The van der Waals surface area contributed by atoms with Crippen LogP contribution >= 0.6 is 0 Å². The predicted octanol–water partition coefficient (Wildman–Crippen LogP) is 1.16. The third-order valence-corrected chi connectivity index (χ3v) is 6.95. The maximum Gasteiger partial charge on any atom is 0.309 e. The number of piperidine rings is 1. The fraction of sp³-hybridized carbons (Fsp3) is 0.933. The number of nitrogens with zero attached hydrogens (tertiary/aromatic N) is 2. The fourth-order valence-corrected chi connectivity index (χ4v) is 5.08. The van der Waals surface area contributed by atoms with Crippen LogP contribution in [0, 0.1) is 11.3 Å². The van der Waals surface area contributed by atoms with Gasteiger partial charge in [0.05, 0.1) is 17.6 Å². The van der Waals surface area contributed by atoms with Crippen molar-refractivity contribution in [1.82, 2.24) is 8.61 Å². The minimum absolute atomic E-state index is 0.183. The van der Waals surface area contributed by atoms with Crippen LogP contribution in [0.1, 0.15) is 40.5 Å². The van der Waals surface area contributed by atoms with Crippen LogP contribution in [0.25, 0.3) is 0 Å². The van der Waals surface area contributed by atoms with Gasteiger partial charge in [0, 0.05) is 26.2 Å². The van der Waals surface area contributed by atoms with E-state index in [-0.39, 0.29) is 12.5 Å². The van der Waals surface area contributed by atoms with Gasteiger partial charge in [-0.3, -0.25) is 4.79 Å². The van der Waals surface area contributed by atoms with Crippen LogP contribution in [0.2, 0.25) is 0 Å². The van der Waals surface area contributed by atoms with Gasteiger partial charge in [-0.2, -0.15) is 17.0 Å². The number of rotatable bonds is 4. The zero-order valence-electron chi connectivity index (χ0n) is 14.4. The van der Waals surface area contributed by atoms with Crippen molar-refractivity contribution in [3.8, 4) is 0 Å². The van der Waals surface area contributed by atoms with E-state index < -0.39 is 27.2 Å². The van der Waals surface area contributed by atoms with Crippen molar-refractivity contribution in [2.45, 2.75) is 46.1 Å². The van der Waals surface area contributed by atoms with Gasteiger partial charge in [-0.05, 0) is 46.5 Å². The van der Waals surface area contributed by atoms with E-state index in [1.54, 1.807) is 13.8 Å². The van der Waals surface area contributed by atoms with Crippen molar-refractivity contribution in [3.05, 3.63) is 0 Å². The summed E-state index contributed by atoms with van der Waals surface area (Å²) in [5, 5.41) is 9.40. The van der Waals surface area contributed by atoms with Crippen molar-refractivity contribution in [3.63, 3.8) is 0 Å². The standard InChI is InChI=1S/C15H28N2O5S/c1-14(2)11-17(8-9-22-14)23(20,21)16-7-5-6-12(10-16)15(3,4)13(18)19/h12H,5-11H2,1-4H3,(H,18,19). The Morgan fingerprint density at radius 3 is 2.48 bits per heavy atom. The number of aliphatic carboxylic acids is 1. The molecule has 2 fully saturated rings. The second kappa shape index (κ2) is 6.31. The largest absolute Gasteiger partial charge is 0.481 e. The molecule has 0 aliphatic carbocycles. The lowest BCUT2D eigenvalue weighted by atomic mass is 9.75. The van der Waals surface area contributed by atoms with Crippen LogP contribution in [-0.4, -0.2) is 66.5 Å². The van der Waals surface area contributed by atoms with E-state index in [9.17, 15) is 18.3 Å². The second-order valence-corrected chi connectivity index (χ2v) is 9.60. The third kappa shape index (κ3) is 3.87. The first-order valence-electron chi connectivity index (χ1n) is 8.09. The van der Waals surface area contributed by atoms with Crippen LogP contribution in [-0.2, 0) is 19.7 Å². The maximum absolute atomic E-state index is 12.9. The Hall–Kier alpha value is -0.700. The molecule has 2 saturated heterocycles. The number of morpholine rings is 1. The number of hydrogen-bond donors (Lipinski definition) is 1. The van der Waals surface area contributed by atoms with E-state index in [2.05, 4.69) is 0 Å². The van der Waals surface area contributed by atoms with Crippen LogP contribution in [0.5, 0.6) is 0 Å². The molecule has 0 radical (unpaired) electrons. The first-order valence-corrected chi connectivity index (χ1v) is 9.49. The highest BCUT2D eigenvalue weighted by molar-refractivity contribution is 7.86. The maximum atomic E-state index is 12.9. The first-order chi connectivity index (χ1) is 10.5. The molecule has 0 bridgehead atoms. The molecule has 0 amide bonds. The molecule has 7 nitrogen and oxygen atoms in total. The summed E-state index contributed by atoms with van der Waals surface area (Å²) >= 11 is 0. The van der Waals surface area contributed by atoms with Crippen LogP contribution in [0.4, 0.5) is 0 Å². The van der Waals surface area contributed by atoms with Crippen molar-refractivity contribution in [1.29, 1.82) is 0 Å². The summed E-state index contributed by atoms with van der Waals surface area (Å²) in [6, 6.07) is 0. The highest BCUT2D eigenvalue weighted by atomic mass is 32.2. The van der Waals surface area contributed by atoms with E-state index in [1.807, 2.05) is 13.8 Å². The topological polar surface area (TPSA) is 87.2 Å². The molecule has 8 heteroatoms. The molecule has 2 rings (SSSR count). The fourth-order valence-electron chi connectivity index (χ4n) is 3.25. The van der Waals surface area contributed by atoms with Gasteiger partial charge in [0.25, 0.3) is 10.2 Å². The van der Waals surface area contributed by atoms with E-state index in [0.717, 1.165) is 6.42 Å². The molecular formula is C15H28N2O5S. The molecule has 2 heterocycles. The van der Waals surface area contributed by atoms with E-state index in [4.69, 9.17) is 4.74 Å². The van der Waals surface area contributed by atoms with Crippen molar-refractivity contribution < 1.29 is 23.1 Å². The summed E-state index contributed by atoms with van der Waals surface area (Å²) in [4.78, 5) is 11.5. The average Bonchev–Trinajstić information content (AvgIpc) is 2.46. The summed E-state index contributed by atoms with van der Waals surface area (Å²) in [6.45, 7) is 8.86. The Balaban J connectivity index is 2.15.